The Balaban J connectivity index is 2.42. The quantitative estimate of drug-likeness (QED) is 0.435. The highest BCUT2D eigenvalue weighted by Gasteiger charge is 2.52. The third kappa shape index (κ3) is 7.01. The first kappa shape index (κ1) is 24.7. The number of hydrogen-bond donors (Lipinski definition) is 1. The Morgan fingerprint density at radius 3 is 2.16 bits per heavy atom. The van der Waals surface area contributed by atoms with Crippen molar-refractivity contribution < 1.29 is 47.7 Å². The van der Waals surface area contributed by atoms with Gasteiger partial charge in [0.05, 0.1) is 5.56 Å². The molecule has 1 aromatic rings. The highest BCUT2D eigenvalue weighted by Crippen LogP contribution is 2.28. The van der Waals surface area contributed by atoms with E-state index in [1.54, 1.807) is 0 Å². The maximum atomic E-state index is 12.6. The molecule has 12 heteroatoms. The molecule has 0 spiro atoms. The van der Waals surface area contributed by atoms with Gasteiger partial charge in [-0.05, 0) is 12.1 Å². The molecule has 1 saturated heterocycles. The first-order valence-corrected chi connectivity index (χ1v) is 9.59. The minimum Gasteiger partial charge on any atom is -0.463 e. The lowest BCUT2D eigenvalue weighted by Crippen LogP contribution is -2.66. The van der Waals surface area contributed by atoms with Gasteiger partial charge in [0.1, 0.15) is 18.8 Å². The van der Waals surface area contributed by atoms with Crippen molar-refractivity contribution in [3.63, 3.8) is 0 Å². The summed E-state index contributed by atoms with van der Waals surface area (Å²) >= 11 is 0. The second-order valence-corrected chi connectivity index (χ2v) is 6.87. The molecule has 32 heavy (non-hydrogen) atoms. The monoisotopic (exact) mass is 452 g/mol. The summed E-state index contributed by atoms with van der Waals surface area (Å²) < 4.78 is 26.7. The largest absolute Gasteiger partial charge is 0.463 e. The molecule has 2 heterocycles. The molecule has 1 N–H and O–H groups in total. The zero-order valence-electron chi connectivity index (χ0n) is 17.9. The van der Waals surface area contributed by atoms with Crippen LogP contribution in [0.3, 0.4) is 0 Å². The van der Waals surface area contributed by atoms with Crippen LogP contribution in [0.15, 0.2) is 24.5 Å². The molecule has 0 saturated carbocycles. The second kappa shape index (κ2) is 11.2. The van der Waals surface area contributed by atoms with Crippen molar-refractivity contribution in [2.45, 2.75) is 58.3 Å². The Kier molecular flexibility index (Phi) is 8.64. The molecule has 5 atom stereocenters. The molecule has 1 amide bonds. The molecule has 0 radical (unpaired) electrons. The van der Waals surface area contributed by atoms with Gasteiger partial charge in [0.15, 0.2) is 12.2 Å². The number of pyridine rings is 1. The van der Waals surface area contributed by atoms with E-state index in [9.17, 15) is 24.0 Å². The molecule has 1 aromatic heterocycles. The standard InChI is InChI=1S/C20H24N2O10/c1-10(23)22-16-18(30-13(4)26)17(29-12(3)25)15(9-28-11(2)24)31-20(16)32-19(27)14-6-5-7-21-8-14/h5-8,15-18,20H,9H2,1-4H3,(H,22,23)/t15-,16+,17+,18-,20+/m0/s1. The van der Waals surface area contributed by atoms with Crippen molar-refractivity contribution in [2.75, 3.05) is 6.61 Å². The summed E-state index contributed by atoms with van der Waals surface area (Å²) in [5, 5.41) is 2.50. The van der Waals surface area contributed by atoms with Crippen LogP contribution in [0, 0.1) is 0 Å². The Hall–Kier alpha value is -3.54. The van der Waals surface area contributed by atoms with Crippen molar-refractivity contribution >= 4 is 29.8 Å². The lowest BCUT2D eigenvalue weighted by atomic mass is 9.96. The molecular weight excluding hydrogens is 428 g/mol. The lowest BCUT2D eigenvalue weighted by Gasteiger charge is -2.44. The molecule has 1 fully saturated rings. The van der Waals surface area contributed by atoms with E-state index in [4.69, 9.17) is 23.7 Å². The van der Waals surface area contributed by atoms with Crippen LogP contribution >= 0.6 is 0 Å². The van der Waals surface area contributed by atoms with Crippen LogP contribution in [0.25, 0.3) is 0 Å². The fourth-order valence-corrected chi connectivity index (χ4v) is 3.05. The number of ether oxygens (including phenoxy) is 5. The smallest absolute Gasteiger partial charge is 0.342 e. The van der Waals surface area contributed by atoms with Crippen LogP contribution < -0.4 is 5.32 Å². The number of amides is 1. The van der Waals surface area contributed by atoms with Gasteiger partial charge in [-0.1, -0.05) is 0 Å². The first-order valence-electron chi connectivity index (χ1n) is 9.59. The summed E-state index contributed by atoms with van der Waals surface area (Å²) in [5.74, 6) is -3.54. The van der Waals surface area contributed by atoms with Crippen LogP contribution in [0.5, 0.6) is 0 Å². The van der Waals surface area contributed by atoms with Crippen molar-refractivity contribution in [3.05, 3.63) is 30.1 Å². The predicted molar refractivity (Wildman–Crippen MR) is 104 cm³/mol. The van der Waals surface area contributed by atoms with Gasteiger partial charge in [-0.15, -0.1) is 0 Å². The van der Waals surface area contributed by atoms with Gasteiger partial charge >= 0.3 is 23.9 Å². The molecule has 0 bridgehead atoms. The van der Waals surface area contributed by atoms with Crippen molar-refractivity contribution in [3.8, 4) is 0 Å². The Morgan fingerprint density at radius 2 is 1.62 bits per heavy atom. The highest BCUT2D eigenvalue weighted by atomic mass is 16.7. The lowest BCUT2D eigenvalue weighted by molar-refractivity contribution is -0.263. The maximum absolute atomic E-state index is 12.6. The van der Waals surface area contributed by atoms with E-state index < -0.39 is 67.0 Å². The van der Waals surface area contributed by atoms with E-state index in [0.717, 1.165) is 20.8 Å². The summed E-state index contributed by atoms with van der Waals surface area (Å²) in [4.78, 5) is 63.0. The summed E-state index contributed by atoms with van der Waals surface area (Å²) in [5.41, 5.74) is 0.0976. The first-order chi connectivity index (χ1) is 15.1. The van der Waals surface area contributed by atoms with Gasteiger partial charge in [0.25, 0.3) is 0 Å². The van der Waals surface area contributed by atoms with Crippen molar-refractivity contribution in [2.24, 2.45) is 0 Å². The van der Waals surface area contributed by atoms with Gasteiger partial charge in [0.2, 0.25) is 12.2 Å². The summed E-state index contributed by atoms with van der Waals surface area (Å²) in [6.45, 7) is 4.18. The number of carbonyl (C=O) groups is 5. The van der Waals surface area contributed by atoms with Gasteiger partial charge in [-0.25, -0.2) is 4.79 Å². The number of nitrogens with one attached hydrogen (secondary N) is 1. The summed E-state index contributed by atoms with van der Waals surface area (Å²) in [6, 6.07) is 1.73. The molecule has 0 aliphatic carbocycles. The van der Waals surface area contributed by atoms with Gasteiger partial charge in [0, 0.05) is 40.1 Å². The van der Waals surface area contributed by atoms with E-state index in [1.807, 2.05) is 0 Å². The van der Waals surface area contributed by atoms with E-state index in [-0.39, 0.29) is 5.56 Å². The second-order valence-electron chi connectivity index (χ2n) is 6.87. The topological polar surface area (TPSA) is 156 Å². The maximum Gasteiger partial charge on any atom is 0.342 e. The fourth-order valence-electron chi connectivity index (χ4n) is 3.05. The van der Waals surface area contributed by atoms with Crippen LogP contribution in [0.1, 0.15) is 38.1 Å². The van der Waals surface area contributed by atoms with Gasteiger partial charge in [-0.3, -0.25) is 24.2 Å². The Bertz CT molecular complexity index is 859. The average Bonchev–Trinajstić information content (AvgIpc) is 2.70. The van der Waals surface area contributed by atoms with Gasteiger partial charge in [-0.2, -0.15) is 0 Å². The Morgan fingerprint density at radius 1 is 0.969 bits per heavy atom. The number of carbonyl (C=O) groups excluding carboxylic acids is 5. The summed E-state index contributed by atoms with van der Waals surface area (Å²) in [7, 11) is 0. The summed E-state index contributed by atoms with van der Waals surface area (Å²) in [6.07, 6.45) is -2.53. The minimum atomic E-state index is -1.48. The average molecular weight is 452 g/mol. The number of nitrogens with zero attached hydrogens (tertiary/aromatic N) is 1. The van der Waals surface area contributed by atoms with Crippen LogP contribution in [0.4, 0.5) is 0 Å². The molecular formula is C20H24N2O10. The number of esters is 4. The zero-order valence-corrected chi connectivity index (χ0v) is 17.9. The minimum absolute atomic E-state index is 0.0976. The third-order valence-electron chi connectivity index (χ3n) is 4.19. The highest BCUT2D eigenvalue weighted by molar-refractivity contribution is 5.89. The zero-order chi connectivity index (χ0) is 23.8. The van der Waals surface area contributed by atoms with Crippen LogP contribution in [-0.2, 0) is 42.9 Å². The SMILES string of the molecule is CC(=O)N[C@H]1[C@@H](OC(=O)c2cccnc2)O[C@@H](COC(C)=O)[C@@H](OC(C)=O)[C@H]1OC(C)=O. The van der Waals surface area contributed by atoms with Crippen LogP contribution in [0.2, 0.25) is 0 Å². The van der Waals surface area contributed by atoms with Gasteiger partial charge < -0.3 is 29.0 Å². The molecule has 1 aliphatic heterocycles. The van der Waals surface area contributed by atoms with E-state index >= 15 is 0 Å². The van der Waals surface area contributed by atoms with Crippen molar-refractivity contribution in [1.82, 2.24) is 10.3 Å². The molecule has 0 unspecified atom stereocenters. The van der Waals surface area contributed by atoms with Crippen molar-refractivity contribution in [1.29, 1.82) is 0 Å². The third-order valence-corrected chi connectivity index (χ3v) is 4.19. The number of rotatable bonds is 7. The van der Waals surface area contributed by atoms with E-state index in [0.29, 0.717) is 0 Å². The van der Waals surface area contributed by atoms with E-state index in [1.165, 1.54) is 31.5 Å². The van der Waals surface area contributed by atoms with E-state index in [2.05, 4.69) is 10.3 Å². The molecule has 2 rings (SSSR count). The fraction of sp³-hybridized carbons (Fsp3) is 0.500. The number of aromatic nitrogens is 1. The normalized spacial score (nSPS) is 24.6. The van der Waals surface area contributed by atoms with Crippen LogP contribution in [-0.4, -0.2) is 72.0 Å². The molecule has 12 nitrogen and oxygen atoms in total. The number of hydrogen-bond acceptors (Lipinski definition) is 11. The molecule has 0 aromatic carbocycles. The molecule has 1 aliphatic rings. The predicted octanol–water partition coefficient (Wildman–Crippen LogP) is -0.105. The Labute approximate surface area is 183 Å². The molecule has 174 valence electrons.